The van der Waals surface area contributed by atoms with Crippen molar-refractivity contribution in [3.63, 3.8) is 0 Å². The van der Waals surface area contributed by atoms with Crippen LogP contribution in [0.25, 0.3) is 0 Å². The van der Waals surface area contributed by atoms with Crippen molar-refractivity contribution in [2.45, 2.75) is 24.8 Å². The first kappa shape index (κ1) is 14.8. The highest BCUT2D eigenvalue weighted by Gasteiger charge is 2.11. The molecule has 0 saturated carbocycles. The van der Waals surface area contributed by atoms with E-state index in [0.717, 1.165) is 11.4 Å². The van der Waals surface area contributed by atoms with Gasteiger partial charge >= 0.3 is 0 Å². The minimum Gasteiger partial charge on any atom is -0.496 e. The molecule has 2 nitrogen and oxygen atoms in total. The van der Waals surface area contributed by atoms with Gasteiger partial charge < -0.3 is 10.1 Å². The fourth-order valence-electron chi connectivity index (χ4n) is 2.19. The molecule has 0 aliphatic heterocycles. The molecule has 3 heteroatoms. The zero-order valence-corrected chi connectivity index (χ0v) is 13.3. The van der Waals surface area contributed by atoms with E-state index in [0.29, 0.717) is 0 Å². The van der Waals surface area contributed by atoms with Crippen molar-refractivity contribution in [3.8, 4) is 5.75 Å². The molecule has 20 heavy (non-hydrogen) atoms. The maximum absolute atomic E-state index is 5.48. The number of rotatable bonds is 5. The second-order valence-electron chi connectivity index (χ2n) is 4.84. The van der Waals surface area contributed by atoms with Crippen LogP contribution in [0.4, 0.5) is 5.69 Å². The maximum Gasteiger partial charge on any atom is 0.124 e. The summed E-state index contributed by atoms with van der Waals surface area (Å²) in [6.07, 6.45) is 2.09. The van der Waals surface area contributed by atoms with Gasteiger partial charge in [0.15, 0.2) is 0 Å². The van der Waals surface area contributed by atoms with Crippen molar-refractivity contribution in [1.29, 1.82) is 0 Å². The number of aryl methyl sites for hydroxylation is 1. The molecule has 0 aliphatic rings. The van der Waals surface area contributed by atoms with Crippen LogP contribution in [-0.4, -0.2) is 13.4 Å². The molecule has 2 aromatic carbocycles. The van der Waals surface area contributed by atoms with E-state index in [1.807, 2.05) is 0 Å². The Morgan fingerprint density at radius 2 is 1.80 bits per heavy atom. The van der Waals surface area contributed by atoms with Gasteiger partial charge in [0.2, 0.25) is 0 Å². The first-order valence-corrected chi connectivity index (χ1v) is 7.91. The number of anilines is 1. The highest BCUT2D eigenvalue weighted by Crippen LogP contribution is 2.29. The van der Waals surface area contributed by atoms with Crippen LogP contribution in [0.2, 0.25) is 0 Å². The van der Waals surface area contributed by atoms with E-state index in [-0.39, 0.29) is 6.04 Å². The van der Waals surface area contributed by atoms with Gasteiger partial charge in [-0.25, -0.2) is 0 Å². The van der Waals surface area contributed by atoms with Crippen LogP contribution in [-0.2, 0) is 0 Å². The molecule has 106 valence electrons. The van der Waals surface area contributed by atoms with Gasteiger partial charge in [-0.1, -0.05) is 12.1 Å². The monoisotopic (exact) mass is 287 g/mol. The SMILES string of the molecule is COc1cc(C)ccc1C(C)Nc1ccc(SC)cc1. The Kier molecular flexibility index (Phi) is 4.96. The molecule has 0 saturated heterocycles. The van der Waals surface area contributed by atoms with Gasteiger partial charge in [0, 0.05) is 16.1 Å². The zero-order valence-electron chi connectivity index (χ0n) is 12.4. The lowest BCUT2D eigenvalue weighted by Gasteiger charge is -2.19. The molecule has 0 aliphatic carbocycles. The number of nitrogens with one attached hydrogen (secondary N) is 1. The van der Waals surface area contributed by atoms with Crippen molar-refractivity contribution in [1.82, 2.24) is 0 Å². The molecular formula is C17H21NOS. The predicted octanol–water partition coefficient (Wildman–Crippen LogP) is 4.90. The Morgan fingerprint density at radius 1 is 1.10 bits per heavy atom. The molecule has 0 radical (unpaired) electrons. The molecule has 2 aromatic rings. The molecule has 0 fully saturated rings. The second kappa shape index (κ2) is 6.71. The standard InChI is InChI=1S/C17H21NOS/c1-12-5-10-16(17(11-12)19-3)13(2)18-14-6-8-15(20-4)9-7-14/h5-11,13,18H,1-4H3. The predicted molar refractivity (Wildman–Crippen MR) is 88.0 cm³/mol. The first-order chi connectivity index (χ1) is 9.63. The topological polar surface area (TPSA) is 21.3 Å². The van der Waals surface area contributed by atoms with Gasteiger partial charge in [-0.3, -0.25) is 0 Å². The smallest absolute Gasteiger partial charge is 0.124 e. The Morgan fingerprint density at radius 3 is 2.40 bits per heavy atom. The second-order valence-corrected chi connectivity index (χ2v) is 5.72. The molecule has 0 amide bonds. The molecule has 1 atom stereocenters. The lowest BCUT2D eigenvalue weighted by Crippen LogP contribution is -2.08. The van der Waals surface area contributed by atoms with Crippen LogP contribution in [0.1, 0.15) is 24.1 Å². The largest absolute Gasteiger partial charge is 0.496 e. The van der Waals surface area contributed by atoms with Crippen molar-refractivity contribution in [2.24, 2.45) is 0 Å². The van der Waals surface area contributed by atoms with Crippen molar-refractivity contribution in [3.05, 3.63) is 53.6 Å². The minimum absolute atomic E-state index is 0.200. The van der Waals surface area contributed by atoms with Crippen LogP contribution in [0.3, 0.4) is 0 Å². The van der Waals surface area contributed by atoms with Crippen LogP contribution < -0.4 is 10.1 Å². The summed E-state index contributed by atoms with van der Waals surface area (Å²) in [6.45, 7) is 4.22. The third-order valence-electron chi connectivity index (χ3n) is 3.33. The molecule has 0 spiro atoms. The van der Waals surface area contributed by atoms with E-state index in [4.69, 9.17) is 4.74 Å². The van der Waals surface area contributed by atoms with Crippen LogP contribution >= 0.6 is 11.8 Å². The summed E-state index contributed by atoms with van der Waals surface area (Å²) < 4.78 is 5.48. The molecule has 0 aromatic heterocycles. The van der Waals surface area contributed by atoms with Crippen molar-refractivity contribution < 1.29 is 4.74 Å². The van der Waals surface area contributed by atoms with E-state index in [1.165, 1.54) is 16.0 Å². The summed E-state index contributed by atoms with van der Waals surface area (Å²) in [5.74, 6) is 0.936. The quantitative estimate of drug-likeness (QED) is 0.790. The van der Waals surface area contributed by atoms with E-state index in [9.17, 15) is 0 Å². The first-order valence-electron chi connectivity index (χ1n) is 6.69. The van der Waals surface area contributed by atoms with Gasteiger partial charge in [0.05, 0.1) is 13.2 Å². The maximum atomic E-state index is 5.48. The third kappa shape index (κ3) is 3.48. The summed E-state index contributed by atoms with van der Waals surface area (Å²) in [5, 5.41) is 3.51. The number of methoxy groups -OCH3 is 1. The van der Waals surface area contributed by atoms with E-state index >= 15 is 0 Å². The van der Waals surface area contributed by atoms with E-state index in [2.05, 4.69) is 67.9 Å². The zero-order chi connectivity index (χ0) is 14.5. The number of thioether (sulfide) groups is 1. The van der Waals surface area contributed by atoms with Gasteiger partial charge in [-0.15, -0.1) is 11.8 Å². The Hall–Kier alpha value is -1.61. The number of benzene rings is 2. The fraction of sp³-hybridized carbons (Fsp3) is 0.294. The van der Waals surface area contributed by atoms with Gasteiger partial charge in [0.1, 0.15) is 5.75 Å². The summed E-state index contributed by atoms with van der Waals surface area (Å²) in [5.41, 5.74) is 3.51. The normalized spacial score (nSPS) is 12.0. The Labute approximate surface area is 125 Å². The number of ether oxygens (including phenoxy) is 1. The minimum atomic E-state index is 0.200. The lowest BCUT2D eigenvalue weighted by molar-refractivity contribution is 0.407. The fourth-order valence-corrected chi connectivity index (χ4v) is 2.60. The Bertz CT molecular complexity index is 566. The van der Waals surface area contributed by atoms with Crippen molar-refractivity contribution >= 4 is 17.4 Å². The summed E-state index contributed by atoms with van der Waals surface area (Å²) in [7, 11) is 1.72. The molecule has 1 unspecified atom stereocenters. The summed E-state index contributed by atoms with van der Waals surface area (Å²) >= 11 is 1.75. The summed E-state index contributed by atoms with van der Waals surface area (Å²) in [6, 6.07) is 15.0. The number of hydrogen-bond acceptors (Lipinski definition) is 3. The average Bonchev–Trinajstić information content (AvgIpc) is 2.47. The van der Waals surface area contributed by atoms with Gasteiger partial charge in [0.25, 0.3) is 0 Å². The molecule has 1 N–H and O–H groups in total. The van der Waals surface area contributed by atoms with Crippen LogP contribution in [0.5, 0.6) is 5.75 Å². The third-order valence-corrected chi connectivity index (χ3v) is 4.07. The highest BCUT2D eigenvalue weighted by atomic mass is 32.2. The highest BCUT2D eigenvalue weighted by molar-refractivity contribution is 7.98. The van der Waals surface area contributed by atoms with Crippen LogP contribution in [0, 0.1) is 6.92 Å². The van der Waals surface area contributed by atoms with Gasteiger partial charge in [-0.2, -0.15) is 0 Å². The van der Waals surface area contributed by atoms with Crippen LogP contribution in [0.15, 0.2) is 47.4 Å². The molecule has 2 rings (SSSR count). The van der Waals surface area contributed by atoms with Crippen molar-refractivity contribution in [2.75, 3.05) is 18.7 Å². The Balaban J connectivity index is 2.16. The average molecular weight is 287 g/mol. The van der Waals surface area contributed by atoms with Gasteiger partial charge in [-0.05, 0) is 56.0 Å². The van der Waals surface area contributed by atoms with E-state index in [1.54, 1.807) is 18.9 Å². The molecule has 0 bridgehead atoms. The van der Waals surface area contributed by atoms with E-state index < -0.39 is 0 Å². The lowest BCUT2D eigenvalue weighted by atomic mass is 10.0. The molecular weight excluding hydrogens is 266 g/mol. The number of hydrogen-bond donors (Lipinski definition) is 1. The molecule has 0 heterocycles. The summed E-state index contributed by atoms with van der Waals surface area (Å²) in [4.78, 5) is 1.27.